The van der Waals surface area contributed by atoms with Gasteiger partial charge in [-0.25, -0.2) is 0 Å². The standard InChI is InChI=1S/C16H18BrNO/c17-12-3-1-9(2-4-12)16(19)18-8-11-5-10-6-13(11)15-7-14(10)15/h1-4,10-11,13-15H,5-8H2,(H,18,19)/t10-,11-,13+,14-,15+/m0/s1. The normalized spacial score (nSPS) is 38.1. The van der Waals surface area contributed by atoms with Crippen molar-refractivity contribution in [3.8, 4) is 0 Å². The van der Waals surface area contributed by atoms with E-state index in [0.717, 1.165) is 46.2 Å². The summed E-state index contributed by atoms with van der Waals surface area (Å²) >= 11 is 3.39. The third kappa shape index (κ3) is 2.03. The van der Waals surface area contributed by atoms with Crippen molar-refractivity contribution < 1.29 is 4.79 Å². The molecule has 3 heteroatoms. The van der Waals surface area contributed by atoms with Gasteiger partial charge in [0.1, 0.15) is 0 Å². The Labute approximate surface area is 122 Å². The molecule has 4 rings (SSSR count). The summed E-state index contributed by atoms with van der Waals surface area (Å²) in [6, 6.07) is 7.58. The van der Waals surface area contributed by atoms with Crippen LogP contribution in [0.5, 0.6) is 0 Å². The highest BCUT2D eigenvalue weighted by atomic mass is 79.9. The van der Waals surface area contributed by atoms with Crippen molar-refractivity contribution in [1.29, 1.82) is 0 Å². The van der Waals surface area contributed by atoms with E-state index in [1.54, 1.807) is 0 Å². The number of nitrogens with one attached hydrogen (secondary N) is 1. The predicted octanol–water partition coefficient (Wildman–Crippen LogP) is 3.47. The first-order chi connectivity index (χ1) is 9.22. The van der Waals surface area contributed by atoms with Gasteiger partial charge < -0.3 is 5.32 Å². The van der Waals surface area contributed by atoms with E-state index in [1.807, 2.05) is 24.3 Å². The number of fused-ring (bicyclic) bond motifs is 5. The van der Waals surface area contributed by atoms with Crippen molar-refractivity contribution >= 4 is 21.8 Å². The SMILES string of the molecule is O=C(NC[C@@H]1C[C@H]2C[C@H]1[C@H]1C[C@@H]21)c1ccc(Br)cc1. The van der Waals surface area contributed by atoms with E-state index >= 15 is 0 Å². The van der Waals surface area contributed by atoms with Crippen molar-refractivity contribution in [2.45, 2.75) is 19.3 Å². The fourth-order valence-electron chi connectivity index (χ4n) is 4.51. The minimum absolute atomic E-state index is 0.0719. The Morgan fingerprint density at radius 2 is 1.89 bits per heavy atom. The van der Waals surface area contributed by atoms with E-state index in [0.29, 0.717) is 0 Å². The molecule has 3 saturated carbocycles. The lowest BCUT2D eigenvalue weighted by molar-refractivity contribution is 0.0941. The number of rotatable bonds is 3. The number of benzene rings is 1. The molecule has 0 aromatic heterocycles. The van der Waals surface area contributed by atoms with Crippen LogP contribution in [0, 0.1) is 29.6 Å². The lowest BCUT2D eigenvalue weighted by Crippen LogP contribution is -2.32. The highest BCUT2D eigenvalue weighted by Gasteiger charge is 2.60. The number of hydrogen-bond acceptors (Lipinski definition) is 1. The lowest BCUT2D eigenvalue weighted by Gasteiger charge is -2.21. The Kier molecular flexibility index (Phi) is 2.73. The van der Waals surface area contributed by atoms with Crippen LogP contribution in [0.3, 0.4) is 0 Å². The summed E-state index contributed by atoms with van der Waals surface area (Å²) in [7, 11) is 0. The highest BCUT2D eigenvalue weighted by molar-refractivity contribution is 9.10. The third-order valence-corrected chi connectivity index (χ3v) is 5.99. The Morgan fingerprint density at radius 1 is 1.11 bits per heavy atom. The molecule has 1 aromatic carbocycles. The van der Waals surface area contributed by atoms with Crippen LogP contribution in [0.2, 0.25) is 0 Å². The Morgan fingerprint density at radius 3 is 2.58 bits per heavy atom. The molecule has 5 atom stereocenters. The summed E-state index contributed by atoms with van der Waals surface area (Å²) in [5, 5.41) is 3.13. The average Bonchev–Trinajstić information content (AvgIpc) is 3.03. The molecule has 0 saturated heterocycles. The number of hydrogen-bond donors (Lipinski definition) is 1. The minimum atomic E-state index is 0.0719. The van der Waals surface area contributed by atoms with Crippen molar-refractivity contribution in [3.63, 3.8) is 0 Å². The van der Waals surface area contributed by atoms with Gasteiger partial charge in [-0.3, -0.25) is 4.79 Å². The van der Waals surface area contributed by atoms with Crippen molar-refractivity contribution in [1.82, 2.24) is 5.32 Å². The number of amides is 1. The van der Waals surface area contributed by atoms with E-state index < -0.39 is 0 Å². The van der Waals surface area contributed by atoms with Crippen LogP contribution < -0.4 is 5.32 Å². The van der Waals surface area contributed by atoms with E-state index in [1.165, 1.54) is 19.3 Å². The molecule has 0 spiro atoms. The van der Waals surface area contributed by atoms with Gasteiger partial charge in [0.2, 0.25) is 0 Å². The van der Waals surface area contributed by atoms with Gasteiger partial charge in [-0.2, -0.15) is 0 Å². The van der Waals surface area contributed by atoms with E-state index in [2.05, 4.69) is 21.2 Å². The maximum absolute atomic E-state index is 12.1. The highest BCUT2D eigenvalue weighted by Crippen LogP contribution is 2.67. The summed E-state index contributed by atoms with van der Waals surface area (Å²) in [6.07, 6.45) is 4.27. The quantitative estimate of drug-likeness (QED) is 0.908. The zero-order chi connectivity index (χ0) is 13.0. The molecule has 0 heterocycles. The van der Waals surface area contributed by atoms with Gasteiger partial charge >= 0.3 is 0 Å². The first-order valence-corrected chi connectivity index (χ1v) is 8.05. The van der Waals surface area contributed by atoms with Crippen LogP contribution in [0.4, 0.5) is 0 Å². The maximum atomic E-state index is 12.1. The second kappa shape index (κ2) is 4.34. The predicted molar refractivity (Wildman–Crippen MR) is 77.8 cm³/mol. The van der Waals surface area contributed by atoms with Crippen molar-refractivity contribution in [2.75, 3.05) is 6.54 Å². The van der Waals surface area contributed by atoms with Gasteiger partial charge in [0, 0.05) is 16.6 Å². The molecule has 19 heavy (non-hydrogen) atoms. The van der Waals surface area contributed by atoms with Crippen LogP contribution >= 0.6 is 15.9 Å². The topological polar surface area (TPSA) is 29.1 Å². The summed E-state index contributed by atoms with van der Waals surface area (Å²) in [5.41, 5.74) is 0.760. The van der Waals surface area contributed by atoms with Crippen LogP contribution in [0.15, 0.2) is 28.7 Å². The van der Waals surface area contributed by atoms with Gasteiger partial charge in [0.05, 0.1) is 0 Å². The second-order valence-corrected chi connectivity index (χ2v) is 7.35. The van der Waals surface area contributed by atoms with Crippen molar-refractivity contribution in [3.05, 3.63) is 34.3 Å². The molecule has 2 bridgehead atoms. The number of halogens is 1. The first-order valence-electron chi connectivity index (χ1n) is 7.26. The Bertz CT molecular complexity index is 512. The molecule has 100 valence electrons. The summed E-state index contributed by atoms with van der Waals surface area (Å²) in [4.78, 5) is 12.1. The molecule has 3 aliphatic rings. The third-order valence-electron chi connectivity index (χ3n) is 5.46. The molecule has 1 amide bonds. The molecule has 0 radical (unpaired) electrons. The minimum Gasteiger partial charge on any atom is -0.352 e. The maximum Gasteiger partial charge on any atom is 0.251 e. The molecule has 1 aromatic rings. The lowest BCUT2D eigenvalue weighted by atomic mass is 9.88. The molecule has 3 aliphatic carbocycles. The first kappa shape index (κ1) is 12.0. The molecular weight excluding hydrogens is 302 g/mol. The smallest absolute Gasteiger partial charge is 0.251 e. The van der Waals surface area contributed by atoms with Gasteiger partial charge in [0.25, 0.3) is 5.91 Å². The molecule has 0 unspecified atom stereocenters. The van der Waals surface area contributed by atoms with Gasteiger partial charge in [-0.1, -0.05) is 15.9 Å². The number of carbonyl (C=O) groups is 1. The zero-order valence-electron chi connectivity index (χ0n) is 10.8. The number of carbonyl (C=O) groups excluding carboxylic acids is 1. The molecule has 3 fully saturated rings. The van der Waals surface area contributed by atoms with E-state index in [9.17, 15) is 4.79 Å². The largest absolute Gasteiger partial charge is 0.352 e. The Balaban J connectivity index is 1.35. The second-order valence-electron chi connectivity index (χ2n) is 6.44. The summed E-state index contributed by atoms with van der Waals surface area (Å²) < 4.78 is 1.01. The van der Waals surface area contributed by atoms with Crippen LogP contribution in [0.1, 0.15) is 29.6 Å². The zero-order valence-corrected chi connectivity index (χ0v) is 12.4. The van der Waals surface area contributed by atoms with Crippen LogP contribution in [-0.2, 0) is 0 Å². The summed E-state index contributed by atoms with van der Waals surface area (Å²) in [6.45, 7) is 0.874. The fraction of sp³-hybridized carbons (Fsp3) is 0.562. The average molecular weight is 320 g/mol. The van der Waals surface area contributed by atoms with Crippen LogP contribution in [-0.4, -0.2) is 12.5 Å². The molecular formula is C16H18BrNO. The van der Waals surface area contributed by atoms with Crippen LogP contribution in [0.25, 0.3) is 0 Å². The molecule has 2 nitrogen and oxygen atoms in total. The molecule has 0 aliphatic heterocycles. The van der Waals surface area contributed by atoms with Gasteiger partial charge in [0.15, 0.2) is 0 Å². The van der Waals surface area contributed by atoms with E-state index in [-0.39, 0.29) is 5.91 Å². The van der Waals surface area contributed by atoms with Crippen molar-refractivity contribution in [2.24, 2.45) is 29.6 Å². The van der Waals surface area contributed by atoms with E-state index in [4.69, 9.17) is 0 Å². The monoisotopic (exact) mass is 319 g/mol. The Hall–Kier alpha value is -0.830. The van der Waals surface area contributed by atoms with Gasteiger partial charge in [-0.05, 0) is 73.1 Å². The summed E-state index contributed by atoms with van der Waals surface area (Å²) in [5.74, 6) is 4.82. The molecule has 1 N–H and O–H groups in total. The fourth-order valence-corrected chi connectivity index (χ4v) is 4.77. The van der Waals surface area contributed by atoms with Gasteiger partial charge in [-0.15, -0.1) is 0 Å².